The second-order valence-electron chi connectivity index (χ2n) is 6.03. The molecular formula is C22H18N2O3. The Morgan fingerprint density at radius 3 is 2.44 bits per heavy atom. The number of rotatable bonds is 4. The van der Waals surface area contributed by atoms with E-state index < -0.39 is 0 Å². The van der Waals surface area contributed by atoms with Crippen LogP contribution in [0.1, 0.15) is 10.4 Å². The minimum Gasteiger partial charge on any atom is -0.493 e. The highest BCUT2D eigenvalue weighted by atomic mass is 16.5. The third-order valence-corrected chi connectivity index (χ3v) is 4.50. The monoisotopic (exact) mass is 358 g/mol. The molecule has 4 rings (SSSR count). The van der Waals surface area contributed by atoms with Crippen molar-refractivity contribution in [1.82, 2.24) is 9.55 Å². The molecule has 0 spiro atoms. The van der Waals surface area contributed by atoms with Crippen LogP contribution in [-0.2, 0) is 0 Å². The van der Waals surface area contributed by atoms with E-state index in [4.69, 9.17) is 9.47 Å². The average molecular weight is 358 g/mol. The van der Waals surface area contributed by atoms with Gasteiger partial charge in [-0.15, -0.1) is 0 Å². The molecule has 4 aromatic rings. The first-order valence-corrected chi connectivity index (χ1v) is 8.51. The van der Waals surface area contributed by atoms with Crippen LogP contribution in [0, 0.1) is 0 Å². The minimum atomic E-state index is -0.119. The van der Waals surface area contributed by atoms with Crippen LogP contribution in [0.2, 0.25) is 0 Å². The fourth-order valence-electron chi connectivity index (χ4n) is 3.17. The van der Waals surface area contributed by atoms with Crippen LogP contribution in [-0.4, -0.2) is 29.7 Å². The predicted molar refractivity (Wildman–Crippen MR) is 104 cm³/mol. The van der Waals surface area contributed by atoms with Gasteiger partial charge >= 0.3 is 0 Å². The summed E-state index contributed by atoms with van der Waals surface area (Å²) >= 11 is 0. The standard InChI is InChI=1S/C22H18N2O3/c1-26-19-11-10-16(13-20(19)27-2)18-14-24(21-17(18)9-6-12-23-21)22(25)15-7-4-3-5-8-15/h3-14H,1-2H3. The molecule has 0 amide bonds. The highest BCUT2D eigenvalue weighted by molar-refractivity contribution is 6.05. The van der Waals surface area contributed by atoms with Gasteiger partial charge in [-0.2, -0.15) is 0 Å². The lowest BCUT2D eigenvalue weighted by Crippen LogP contribution is -2.11. The van der Waals surface area contributed by atoms with E-state index in [1.807, 2.05) is 54.7 Å². The summed E-state index contributed by atoms with van der Waals surface area (Å²) in [6, 6.07) is 18.7. The molecule has 5 heteroatoms. The Morgan fingerprint density at radius 2 is 1.70 bits per heavy atom. The largest absolute Gasteiger partial charge is 0.493 e. The van der Waals surface area contributed by atoms with Gasteiger partial charge in [0.15, 0.2) is 11.5 Å². The molecule has 0 atom stereocenters. The molecule has 0 bridgehead atoms. The first kappa shape index (κ1) is 16.8. The van der Waals surface area contributed by atoms with Gasteiger partial charge in [-0.3, -0.25) is 9.36 Å². The normalized spacial score (nSPS) is 10.7. The lowest BCUT2D eigenvalue weighted by atomic mass is 10.1. The highest BCUT2D eigenvalue weighted by Gasteiger charge is 2.18. The van der Waals surface area contributed by atoms with E-state index in [1.165, 1.54) is 0 Å². The Labute approximate surface area is 156 Å². The van der Waals surface area contributed by atoms with Crippen LogP contribution in [0.3, 0.4) is 0 Å². The molecule has 0 radical (unpaired) electrons. The van der Waals surface area contributed by atoms with E-state index in [0.29, 0.717) is 22.7 Å². The highest BCUT2D eigenvalue weighted by Crippen LogP contribution is 2.36. The number of benzene rings is 2. The summed E-state index contributed by atoms with van der Waals surface area (Å²) in [6.45, 7) is 0. The molecule has 2 aromatic heterocycles. The number of methoxy groups -OCH3 is 2. The molecule has 0 aliphatic heterocycles. The predicted octanol–water partition coefficient (Wildman–Crippen LogP) is 4.41. The Balaban J connectivity index is 1.90. The molecule has 0 saturated carbocycles. The van der Waals surface area contributed by atoms with Crippen molar-refractivity contribution in [2.75, 3.05) is 14.2 Å². The number of fused-ring (bicyclic) bond motifs is 1. The molecule has 2 aromatic carbocycles. The Kier molecular flexibility index (Phi) is 4.34. The van der Waals surface area contributed by atoms with Crippen LogP contribution >= 0.6 is 0 Å². The van der Waals surface area contributed by atoms with Crippen LogP contribution in [0.25, 0.3) is 22.2 Å². The van der Waals surface area contributed by atoms with Gasteiger partial charge in [0.25, 0.3) is 5.91 Å². The number of ether oxygens (including phenoxy) is 2. The number of nitrogens with zero attached hydrogens (tertiary/aromatic N) is 2. The summed E-state index contributed by atoms with van der Waals surface area (Å²) in [4.78, 5) is 17.4. The minimum absolute atomic E-state index is 0.119. The maximum Gasteiger partial charge on any atom is 0.263 e. The van der Waals surface area contributed by atoms with Gasteiger partial charge in [-0.05, 0) is 42.0 Å². The van der Waals surface area contributed by atoms with Crippen molar-refractivity contribution in [3.05, 3.63) is 78.6 Å². The zero-order chi connectivity index (χ0) is 18.8. The average Bonchev–Trinajstić information content (AvgIpc) is 3.13. The van der Waals surface area contributed by atoms with Crippen molar-refractivity contribution < 1.29 is 14.3 Å². The van der Waals surface area contributed by atoms with Crippen molar-refractivity contribution in [3.63, 3.8) is 0 Å². The van der Waals surface area contributed by atoms with Crippen molar-refractivity contribution in [3.8, 4) is 22.6 Å². The van der Waals surface area contributed by atoms with Gasteiger partial charge in [-0.25, -0.2) is 4.98 Å². The number of carbonyl (C=O) groups is 1. The lowest BCUT2D eigenvalue weighted by molar-refractivity contribution is 0.0964. The van der Waals surface area contributed by atoms with Crippen LogP contribution in [0.4, 0.5) is 0 Å². The van der Waals surface area contributed by atoms with Gasteiger partial charge in [0.05, 0.1) is 14.2 Å². The zero-order valence-corrected chi connectivity index (χ0v) is 15.0. The van der Waals surface area contributed by atoms with Gasteiger partial charge in [0.1, 0.15) is 5.65 Å². The van der Waals surface area contributed by atoms with Crippen molar-refractivity contribution in [2.45, 2.75) is 0 Å². The summed E-state index contributed by atoms with van der Waals surface area (Å²) < 4.78 is 12.3. The Hall–Kier alpha value is -3.60. The van der Waals surface area contributed by atoms with E-state index in [2.05, 4.69) is 4.98 Å². The topological polar surface area (TPSA) is 53.4 Å². The van der Waals surface area contributed by atoms with Crippen molar-refractivity contribution >= 4 is 16.9 Å². The maximum absolute atomic E-state index is 13.0. The second kappa shape index (κ2) is 6.96. The molecule has 0 aliphatic rings. The quantitative estimate of drug-likeness (QED) is 0.542. The fraction of sp³-hybridized carbons (Fsp3) is 0.0909. The van der Waals surface area contributed by atoms with Crippen LogP contribution in [0.5, 0.6) is 11.5 Å². The van der Waals surface area contributed by atoms with E-state index >= 15 is 0 Å². The smallest absolute Gasteiger partial charge is 0.263 e. The van der Waals surface area contributed by atoms with Crippen LogP contribution in [0.15, 0.2) is 73.1 Å². The molecule has 27 heavy (non-hydrogen) atoms. The molecule has 0 unspecified atom stereocenters. The van der Waals surface area contributed by atoms with Gasteiger partial charge in [-0.1, -0.05) is 24.3 Å². The van der Waals surface area contributed by atoms with Gasteiger partial charge in [0.2, 0.25) is 0 Å². The molecule has 5 nitrogen and oxygen atoms in total. The summed E-state index contributed by atoms with van der Waals surface area (Å²) in [5.41, 5.74) is 3.06. The number of hydrogen-bond acceptors (Lipinski definition) is 4. The molecule has 0 N–H and O–H groups in total. The molecule has 2 heterocycles. The first-order chi connectivity index (χ1) is 13.2. The van der Waals surface area contributed by atoms with E-state index in [-0.39, 0.29) is 5.91 Å². The number of aromatic nitrogens is 2. The lowest BCUT2D eigenvalue weighted by Gasteiger charge is -2.09. The summed E-state index contributed by atoms with van der Waals surface area (Å²) in [7, 11) is 3.21. The van der Waals surface area contributed by atoms with E-state index in [0.717, 1.165) is 16.5 Å². The van der Waals surface area contributed by atoms with Crippen LogP contribution < -0.4 is 9.47 Å². The molecule has 0 fully saturated rings. The van der Waals surface area contributed by atoms with E-state index in [1.54, 1.807) is 37.1 Å². The maximum atomic E-state index is 13.0. The number of pyridine rings is 1. The van der Waals surface area contributed by atoms with Gasteiger partial charge in [0, 0.05) is 28.9 Å². The molecule has 0 aliphatic carbocycles. The SMILES string of the molecule is COc1ccc(-c2cn(C(=O)c3ccccc3)c3ncccc23)cc1OC. The molecule has 0 saturated heterocycles. The number of carbonyl (C=O) groups excluding carboxylic acids is 1. The molecule has 134 valence electrons. The zero-order valence-electron chi connectivity index (χ0n) is 15.0. The van der Waals surface area contributed by atoms with Crippen molar-refractivity contribution in [2.24, 2.45) is 0 Å². The number of hydrogen-bond donors (Lipinski definition) is 0. The summed E-state index contributed by atoms with van der Waals surface area (Å²) in [5.74, 6) is 1.17. The van der Waals surface area contributed by atoms with E-state index in [9.17, 15) is 4.79 Å². The Bertz CT molecular complexity index is 1120. The third kappa shape index (κ3) is 2.93. The molecular weight excluding hydrogens is 340 g/mol. The third-order valence-electron chi connectivity index (χ3n) is 4.50. The fourth-order valence-corrected chi connectivity index (χ4v) is 3.17. The summed E-state index contributed by atoms with van der Waals surface area (Å²) in [5, 5.41) is 0.897. The first-order valence-electron chi connectivity index (χ1n) is 8.51. The second-order valence-corrected chi connectivity index (χ2v) is 6.03. The summed E-state index contributed by atoms with van der Waals surface area (Å²) in [6.07, 6.45) is 3.52. The Morgan fingerprint density at radius 1 is 0.926 bits per heavy atom. The van der Waals surface area contributed by atoms with Gasteiger partial charge < -0.3 is 9.47 Å². The van der Waals surface area contributed by atoms with Crippen molar-refractivity contribution in [1.29, 1.82) is 0 Å².